The molecule has 2 bridgehead atoms. The van der Waals surface area contributed by atoms with E-state index in [2.05, 4.69) is 24.4 Å². The van der Waals surface area contributed by atoms with E-state index in [0.29, 0.717) is 0 Å². The third kappa shape index (κ3) is 2.20. The van der Waals surface area contributed by atoms with Gasteiger partial charge in [-0.15, -0.1) is 0 Å². The minimum atomic E-state index is 0.731. The van der Waals surface area contributed by atoms with Crippen molar-refractivity contribution in [2.75, 3.05) is 0 Å². The second-order valence-corrected chi connectivity index (χ2v) is 6.38. The molecular weight excluding hydrogens is 194 g/mol. The number of hydrogen-bond donors (Lipinski definition) is 1. The van der Waals surface area contributed by atoms with Crippen molar-refractivity contribution < 1.29 is 0 Å². The van der Waals surface area contributed by atoms with Crippen LogP contribution in [0.3, 0.4) is 0 Å². The molecule has 3 rings (SSSR count). The van der Waals surface area contributed by atoms with Crippen LogP contribution in [0.2, 0.25) is 0 Å². The van der Waals surface area contributed by atoms with Crippen LogP contribution in [0.15, 0.2) is 12.2 Å². The summed E-state index contributed by atoms with van der Waals surface area (Å²) < 4.78 is 0. The van der Waals surface area contributed by atoms with Crippen LogP contribution >= 0.6 is 0 Å². The maximum atomic E-state index is 3.80. The Bertz CT molecular complexity index is 263. The molecule has 3 aliphatic rings. The first kappa shape index (κ1) is 10.8. The van der Waals surface area contributed by atoms with Gasteiger partial charge in [0.25, 0.3) is 0 Å². The SMILES string of the molecule is C[C@@H](C[C@@H]1C[C@H]2CC[C@H]1C2)NC1CC=CC1. The lowest BCUT2D eigenvalue weighted by Gasteiger charge is -2.27. The molecule has 1 heteroatoms. The fourth-order valence-corrected chi connectivity index (χ4v) is 4.34. The van der Waals surface area contributed by atoms with Gasteiger partial charge in [-0.05, 0) is 63.2 Å². The summed E-state index contributed by atoms with van der Waals surface area (Å²) in [6.45, 7) is 2.39. The van der Waals surface area contributed by atoms with Crippen molar-refractivity contribution >= 4 is 0 Å². The molecule has 1 N–H and O–H groups in total. The molecule has 2 saturated carbocycles. The monoisotopic (exact) mass is 219 g/mol. The minimum Gasteiger partial charge on any atom is -0.311 e. The van der Waals surface area contributed by atoms with Gasteiger partial charge in [0.15, 0.2) is 0 Å². The maximum absolute atomic E-state index is 3.80. The van der Waals surface area contributed by atoms with Crippen LogP contribution in [-0.4, -0.2) is 12.1 Å². The van der Waals surface area contributed by atoms with Gasteiger partial charge < -0.3 is 5.32 Å². The summed E-state index contributed by atoms with van der Waals surface area (Å²) in [7, 11) is 0. The molecule has 90 valence electrons. The molecule has 16 heavy (non-hydrogen) atoms. The summed E-state index contributed by atoms with van der Waals surface area (Å²) in [5.74, 6) is 3.25. The third-order valence-electron chi connectivity index (χ3n) is 5.07. The molecule has 0 spiro atoms. The highest BCUT2D eigenvalue weighted by Gasteiger charge is 2.39. The summed E-state index contributed by atoms with van der Waals surface area (Å²) in [6, 6.07) is 1.47. The van der Waals surface area contributed by atoms with Crippen molar-refractivity contribution in [2.45, 2.75) is 64.0 Å². The summed E-state index contributed by atoms with van der Waals surface area (Å²) in [5, 5.41) is 3.80. The van der Waals surface area contributed by atoms with Crippen molar-refractivity contribution in [2.24, 2.45) is 17.8 Å². The molecule has 2 fully saturated rings. The minimum absolute atomic E-state index is 0.731. The molecule has 0 aromatic heterocycles. The van der Waals surface area contributed by atoms with E-state index in [9.17, 15) is 0 Å². The quantitative estimate of drug-likeness (QED) is 0.713. The molecule has 0 heterocycles. The Morgan fingerprint density at radius 2 is 2.00 bits per heavy atom. The standard InChI is InChI=1S/C15H25N/c1-11(16-15-4-2-3-5-15)8-14-10-12-6-7-13(14)9-12/h2-3,11-16H,4-10H2,1H3/t11-,12-,13-,14+/m0/s1. The van der Waals surface area contributed by atoms with Gasteiger partial charge in [0, 0.05) is 12.1 Å². The normalized spacial score (nSPS) is 39.7. The van der Waals surface area contributed by atoms with Gasteiger partial charge in [-0.1, -0.05) is 18.6 Å². The van der Waals surface area contributed by atoms with Crippen molar-refractivity contribution in [3.05, 3.63) is 12.2 Å². The van der Waals surface area contributed by atoms with Crippen LogP contribution in [0.25, 0.3) is 0 Å². The van der Waals surface area contributed by atoms with Crippen LogP contribution in [-0.2, 0) is 0 Å². The Labute approximate surface area is 99.7 Å². The predicted octanol–water partition coefficient (Wildman–Crippen LogP) is 3.51. The first-order chi connectivity index (χ1) is 7.81. The van der Waals surface area contributed by atoms with Crippen LogP contribution in [0.4, 0.5) is 0 Å². The predicted molar refractivity (Wildman–Crippen MR) is 68.3 cm³/mol. The zero-order chi connectivity index (χ0) is 11.0. The Balaban J connectivity index is 1.44. The van der Waals surface area contributed by atoms with E-state index in [1.54, 1.807) is 12.8 Å². The fourth-order valence-electron chi connectivity index (χ4n) is 4.34. The molecule has 4 atom stereocenters. The van der Waals surface area contributed by atoms with Crippen molar-refractivity contribution in [1.82, 2.24) is 5.32 Å². The van der Waals surface area contributed by atoms with E-state index >= 15 is 0 Å². The Hall–Kier alpha value is -0.300. The van der Waals surface area contributed by atoms with E-state index in [4.69, 9.17) is 0 Å². The molecule has 0 aromatic carbocycles. The van der Waals surface area contributed by atoms with Crippen LogP contribution in [0.5, 0.6) is 0 Å². The van der Waals surface area contributed by atoms with Gasteiger partial charge in [0.05, 0.1) is 0 Å². The summed E-state index contributed by atoms with van der Waals surface area (Å²) >= 11 is 0. The molecule has 0 radical (unpaired) electrons. The maximum Gasteiger partial charge on any atom is 0.0138 e. The van der Waals surface area contributed by atoms with Gasteiger partial charge >= 0.3 is 0 Å². The second-order valence-electron chi connectivity index (χ2n) is 6.38. The van der Waals surface area contributed by atoms with Gasteiger partial charge in [-0.25, -0.2) is 0 Å². The molecule has 3 aliphatic carbocycles. The second kappa shape index (κ2) is 4.52. The summed E-state index contributed by atoms with van der Waals surface area (Å²) in [4.78, 5) is 0. The lowest BCUT2D eigenvalue weighted by atomic mass is 9.84. The molecule has 0 saturated heterocycles. The van der Waals surface area contributed by atoms with Gasteiger partial charge in [0.1, 0.15) is 0 Å². The van der Waals surface area contributed by atoms with E-state index in [1.807, 2.05) is 0 Å². The van der Waals surface area contributed by atoms with Crippen molar-refractivity contribution in [3.63, 3.8) is 0 Å². The highest BCUT2D eigenvalue weighted by Crippen LogP contribution is 2.49. The molecule has 0 aliphatic heterocycles. The van der Waals surface area contributed by atoms with Crippen LogP contribution < -0.4 is 5.32 Å². The topological polar surface area (TPSA) is 12.0 Å². The number of nitrogens with one attached hydrogen (secondary N) is 1. The zero-order valence-electron chi connectivity index (χ0n) is 10.5. The van der Waals surface area contributed by atoms with Crippen LogP contribution in [0, 0.1) is 17.8 Å². The van der Waals surface area contributed by atoms with Gasteiger partial charge in [-0.3, -0.25) is 0 Å². The summed E-state index contributed by atoms with van der Waals surface area (Å²) in [6.07, 6.45) is 14.7. The number of fused-ring (bicyclic) bond motifs is 2. The highest BCUT2D eigenvalue weighted by atomic mass is 14.9. The average Bonchev–Trinajstić information content (AvgIpc) is 2.92. The summed E-state index contributed by atoms with van der Waals surface area (Å²) in [5.41, 5.74) is 0. The Kier molecular flexibility index (Phi) is 3.06. The number of rotatable bonds is 4. The smallest absolute Gasteiger partial charge is 0.0138 e. The first-order valence-electron chi connectivity index (χ1n) is 7.22. The van der Waals surface area contributed by atoms with Gasteiger partial charge in [-0.2, -0.15) is 0 Å². The fraction of sp³-hybridized carbons (Fsp3) is 0.867. The molecule has 0 amide bonds. The lowest BCUT2D eigenvalue weighted by Crippen LogP contribution is -2.36. The average molecular weight is 219 g/mol. The largest absolute Gasteiger partial charge is 0.311 e. The number of hydrogen-bond acceptors (Lipinski definition) is 1. The third-order valence-corrected chi connectivity index (χ3v) is 5.07. The zero-order valence-corrected chi connectivity index (χ0v) is 10.5. The Morgan fingerprint density at radius 3 is 2.62 bits per heavy atom. The lowest BCUT2D eigenvalue weighted by molar-refractivity contribution is 0.275. The van der Waals surface area contributed by atoms with Crippen molar-refractivity contribution in [1.29, 1.82) is 0 Å². The molecular formula is C15H25N. The highest BCUT2D eigenvalue weighted by molar-refractivity contribution is 4.99. The Morgan fingerprint density at radius 1 is 1.19 bits per heavy atom. The van der Waals surface area contributed by atoms with Gasteiger partial charge in [0.2, 0.25) is 0 Å². The van der Waals surface area contributed by atoms with E-state index in [1.165, 1.54) is 32.1 Å². The molecule has 1 nitrogen and oxygen atoms in total. The van der Waals surface area contributed by atoms with E-state index in [-0.39, 0.29) is 0 Å². The molecule has 0 unspecified atom stereocenters. The van der Waals surface area contributed by atoms with Crippen LogP contribution in [0.1, 0.15) is 51.9 Å². The molecule has 0 aromatic rings. The van der Waals surface area contributed by atoms with E-state index in [0.717, 1.165) is 29.8 Å². The first-order valence-corrected chi connectivity index (χ1v) is 7.22. The van der Waals surface area contributed by atoms with E-state index < -0.39 is 0 Å². The van der Waals surface area contributed by atoms with Crippen molar-refractivity contribution in [3.8, 4) is 0 Å².